The lowest BCUT2D eigenvalue weighted by Crippen LogP contribution is -2.58. The minimum Gasteiger partial charge on any atom is -0.352 e. The van der Waals surface area contributed by atoms with Crippen LogP contribution in [0.15, 0.2) is 123 Å². The summed E-state index contributed by atoms with van der Waals surface area (Å²) in [6.07, 6.45) is 0.0149. The van der Waals surface area contributed by atoms with Crippen molar-refractivity contribution < 1.29 is 43.2 Å². The van der Waals surface area contributed by atoms with Gasteiger partial charge >= 0.3 is 18.1 Å². The Kier molecular flexibility index (Phi) is 21.3. The molecule has 21 nitrogen and oxygen atoms in total. The molecule has 0 spiro atoms. The minimum absolute atomic E-state index is 0.0873. The number of hydrogen-bond donors (Lipinski definition) is 12. The van der Waals surface area contributed by atoms with E-state index in [0.29, 0.717) is 50.4 Å². The SMILES string of the molecule is NC(=O)NCCC[C@@](N)(C(=O)Cc1ccsc1)C(=O)Nc1ccc(C(c2ccc(NC(=O)[C@@](N)(CCCNC(N)=O)C(=O)Cc3ccsc3)cc2)c2ccc(NC(=O)[C@@](N)(CCCNC(N)=O)C(=O)Cc3ccsc3)cc2)cc1. The van der Waals surface area contributed by atoms with Gasteiger partial charge in [-0.25, -0.2) is 14.4 Å². The molecule has 3 aromatic carbocycles. The van der Waals surface area contributed by atoms with Crippen molar-refractivity contribution in [2.45, 2.75) is 80.3 Å². The summed E-state index contributed by atoms with van der Waals surface area (Å²) in [4.78, 5) is 117. The highest BCUT2D eigenvalue weighted by Gasteiger charge is 2.43. The lowest BCUT2D eigenvalue weighted by Gasteiger charge is -2.27. The van der Waals surface area contributed by atoms with Crippen molar-refractivity contribution in [3.05, 3.63) is 157 Å². The van der Waals surface area contributed by atoms with Crippen molar-refractivity contribution in [3.63, 3.8) is 0 Å². The van der Waals surface area contributed by atoms with E-state index >= 15 is 0 Å². The molecule has 9 amide bonds. The Labute approximate surface area is 468 Å². The van der Waals surface area contributed by atoms with E-state index in [1.54, 1.807) is 107 Å². The molecule has 0 fully saturated rings. The Hall–Kier alpha value is -8.13. The van der Waals surface area contributed by atoms with Crippen LogP contribution in [-0.4, -0.2) is 89.4 Å². The molecule has 3 heterocycles. The van der Waals surface area contributed by atoms with Crippen LogP contribution in [0, 0.1) is 0 Å². The zero-order chi connectivity index (χ0) is 57.2. The van der Waals surface area contributed by atoms with Crippen molar-refractivity contribution in [1.82, 2.24) is 16.0 Å². The fraction of sp³-hybridized carbons (Fsp3) is 0.291. The molecule has 0 aliphatic heterocycles. The second-order valence-corrected chi connectivity index (χ2v) is 21.3. The van der Waals surface area contributed by atoms with Gasteiger partial charge in [0.25, 0.3) is 17.7 Å². The Balaban J connectivity index is 1.29. The van der Waals surface area contributed by atoms with E-state index in [1.807, 2.05) is 16.1 Å². The average molecular weight is 1130 g/mol. The van der Waals surface area contributed by atoms with Crippen LogP contribution >= 0.6 is 34.0 Å². The molecule has 24 heteroatoms. The predicted octanol–water partition coefficient (Wildman–Crippen LogP) is 4.74. The van der Waals surface area contributed by atoms with E-state index in [4.69, 9.17) is 34.4 Å². The van der Waals surface area contributed by atoms with Gasteiger partial charge < -0.3 is 66.3 Å². The average Bonchev–Trinajstić information content (AvgIpc) is 4.31. The Morgan fingerprint density at radius 1 is 0.392 bits per heavy atom. The summed E-state index contributed by atoms with van der Waals surface area (Å²) in [5.41, 5.74) is 34.9. The van der Waals surface area contributed by atoms with Gasteiger partial charge in [-0.1, -0.05) is 36.4 Å². The molecule has 3 atom stereocenters. The third kappa shape index (κ3) is 16.7. The first-order chi connectivity index (χ1) is 37.7. The maximum absolute atomic E-state index is 14.0. The van der Waals surface area contributed by atoms with Crippen LogP contribution in [0.5, 0.6) is 0 Å². The van der Waals surface area contributed by atoms with Gasteiger partial charge in [0.05, 0.1) is 0 Å². The highest BCUT2D eigenvalue weighted by atomic mass is 32.1. The fourth-order valence-electron chi connectivity index (χ4n) is 8.67. The third-order valence-corrected chi connectivity index (χ3v) is 15.4. The number of rotatable bonds is 30. The molecular weight excluding hydrogens is 1070 g/mol. The van der Waals surface area contributed by atoms with Gasteiger partial charge in [-0.2, -0.15) is 34.0 Å². The molecule has 0 aliphatic carbocycles. The summed E-state index contributed by atoms with van der Waals surface area (Å²) in [5.74, 6) is -4.34. The fourth-order valence-corrected chi connectivity index (χ4v) is 10.7. The van der Waals surface area contributed by atoms with Gasteiger partial charge in [0.15, 0.2) is 34.0 Å². The molecule has 18 N–H and O–H groups in total. The molecule has 6 aromatic rings. The van der Waals surface area contributed by atoms with Gasteiger partial charge in [-0.15, -0.1) is 0 Å². The largest absolute Gasteiger partial charge is 0.352 e. The molecule has 0 saturated heterocycles. The number of carbonyl (C=O) groups excluding carboxylic acids is 9. The molecule has 0 unspecified atom stereocenters. The smallest absolute Gasteiger partial charge is 0.312 e. The summed E-state index contributed by atoms with van der Waals surface area (Å²) in [5, 5.41) is 26.6. The maximum atomic E-state index is 14.0. The second kappa shape index (κ2) is 28.0. The van der Waals surface area contributed by atoms with Gasteiger partial charge in [-0.05, 0) is 159 Å². The van der Waals surface area contributed by atoms with Crippen LogP contribution in [0.25, 0.3) is 0 Å². The molecule has 0 saturated carbocycles. The number of ketones is 3. The zero-order valence-electron chi connectivity index (χ0n) is 43.1. The second-order valence-electron chi connectivity index (χ2n) is 19.0. The first-order valence-corrected chi connectivity index (χ1v) is 27.9. The monoisotopic (exact) mass is 1130 g/mol. The maximum Gasteiger partial charge on any atom is 0.312 e. The van der Waals surface area contributed by atoms with Crippen LogP contribution in [-0.2, 0) is 48.0 Å². The van der Waals surface area contributed by atoms with E-state index in [-0.39, 0.29) is 77.4 Å². The lowest BCUT2D eigenvalue weighted by molar-refractivity contribution is -0.134. The Bertz CT molecular complexity index is 2740. The van der Waals surface area contributed by atoms with Gasteiger partial charge in [0, 0.05) is 61.9 Å². The first kappa shape index (κ1) is 60.1. The number of urea groups is 3. The summed E-state index contributed by atoms with van der Waals surface area (Å²) in [7, 11) is 0. The number of anilines is 3. The predicted molar refractivity (Wildman–Crippen MR) is 306 cm³/mol. The summed E-state index contributed by atoms with van der Waals surface area (Å²) in [6.45, 7) is 0.268. The summed E-state index contributed by atoms with van der Waals surface area (Å²) < 4.78 is 0. The lowest BCUT2D eigenvalue weighted by atomic mass is 9.84. The number of nitrogens with two attached hydrogens (primary N) is 6. The van der Waals surface area contributed by atoms with E-state index in [2.05, 4.69) is 31.9 Å². The van der Waals surface area contributed by atoms with Gasteiger partial charge in [0.2, 0.25) is 0 Å². The van der Waals surface area contributed by atoms with E-state index in [1.165, 1.54) is 34.0 Å². The standard InChI is InChI=1S/C55H64N12O9S3/c56-50(74)62-22-1-19-53(59,43(68)28-34-16-25-77-31-34)47(71)65-40-10-4-37(5-11-40)46(38-6-12-41(13-7-38)66-48(72)54(60,20-2-23-63-51(57)75)44(69)29-35-17-26-78-32-35)39-8-14-42(15-9-39)67-49(73)55(61,21-3-24-64-52(58)76)45(70)30-36-18-27-79-33-36/h4-18,25-27,31-33,46H,1-3,19-24,28-30,59-61H2,(H,65,71)(H,66,72)(H,67,73)(H3,56,62,74)(H3,57,63,75)(H3,58,64,76)/t53-,54-,55-/m1/s1. The number of nitrogens with one attached hydrogen (secondary N) is 6. The number of amides is 9. The number of Topliss-reactive ketones (excluding diaryl/α,β-unsaturated/α-hetero) is 3. The molecule has 0 radical (unpaired) electrons. The summed E-state index contributed by atoms with van der Waals surface area (Å²) >= 11 is 4.20. The number of primary amides is 3. The highest BCUT2D eigenvalue weighted by Crippen LogP contribution is 2.35. The van der Waals surface area contributed by atoms with Crippen LogP contribution in [0.3, 0.4) is 0 Å². The summed E-state index contributed by atoms with van der Waals surface area (Å²) in [6, 6.07) is 23.6. The topological polar surface area (TPSA) is 382 Å². The van der Waals surface area contributed by atoms with Crippen molar-refractivity contribution in [2.24, 2.45) is 34.4 Å². The number of hydrogen-bond acceptors (Lipinski definition) is 15. The van der Waals surface area contributed by atoms with E-state index in [9.17, 15) is 43.2 Å². The Morgan fingerprint density at radius 2 is 0.646 bits per heavy atom. The minimum atomic E-state index is -1.97. The normalized spacial score (nSPS) is 13.4. The van der Waals surface area contributed by atoms with Crippen molar-refractivity contribution in [3.8, 4) is 0 Å². The zero-order valence-corrected chi connectivity index (χ0v) is 45.5. The van der Waals surface area contributed by atoms with E-state index in [0.717, 1.165) is 0 Å². The van der Waals surface area contributed by atoms with Crippen molar-refractivity contribution >= 4 is 104 Å². The van der Waals surface area contributed by atoms with E-state index < -0.39 is 75.7 Å². The molecule has 416 valence electrons. The quantitative estimate of drug-likeness (QED) is 0.0165. The number of carbonyl (C=O) groups is 9. The van der Waals surface area contributed by atoms with Crippen LogP contribution in [0.1, 0.15) is 77.8 Å². The third-order valence-electron chi connectivity index (χ3n) is 13.2. The highest BCUT2D eigenvalue weighted by molar-refractivity contribution is 7.08. The molecule has 0 bridgehead atoms. The van der Waals surface area contributed by atoms with Crippen LogP contribution < -0.4 is 66.3 Å². The first-order valence-electron chi connectivity index (χ1n) is 25.0. The molecule has 6 rings (SSSR count). The molecule has 3 aromatic heterocycles. The molecular formula is C55H64N12O9S3. The molecule has 79 heavy (non-hydrogen) atoms. The van der Waals surface area contributed by atoms with Crippen LogP contribution in [0.2, 0.25) is 0 Å². The van der Waals surface area contributed by atoms with Crippen LogP contribution in [0.4, 0.5) is 31.4 Å². The van der Waals surface area contributed by atoms with Crippen molar-refractivity contribution in [2.75, 3.05) is 35.6 Å². The van der Waals surface area contributed by atoms with Crippen molar-refractivity contribution in [1.29, 1.82) is 0 Å². The van der Waals surface area contributed by atoms with Gasteiger partial charge in [0.1, 0.15) is 0 Å². The Morgan fingerprint density at radius 3 is 0.861 bits per heavy atom. The number of benzene rings is 3. The van der Waals surface area contributed by atoms with Gasteiger partial charge in [-0.3, -0.25) is 28.8 Å². The molecule has 0 aliphatic rings. The number of thiophene rings is 3.